The van der Waals surface area contributed by atoms with Gasteiger partial charge in [0.2, 0.25) is 5.96 Å². The molecule has 6 aliphatic rings. The quantitative estimate of drug-likeness (QED) is 0.501. The van der Waals surface area contributed by atoms with Crippen LogP contribution in [-0.4, -0.2) is 103 Å². The lowest BCUT2D eigenvalue weighted by molar-refractivity contribution is -0.147. The summed E-state index contributed by atoms with van der Waals surface area (Å²) in [5, 5.41) is 21.6. The highest BCUT2D eigenvalue weighted by Gasteiger charge is 2.60. The monoisotopic (exact) mass is 599 g/mol. The molecule has 234 valence electrons. The number of guanidine groups is 1. The number of allylic oxidation sites excluding steroid dienone is 2. The fraction of sp³-hybridized carbons (Fsp3) is 0.571. The zero-order valence-electron chi connectivity index (χ0n) is 26.2. The molecule has 2 aliphatic carbocycles. The third-order valence-electron chi connectivity index (χ3n) is 11.6. The molecule has 4 aliphatic heterocycles. The molecule has 0 aromatic heterocycles. The molecule has 3 unspecified atom stereocenters. The smallest absolute Gasteiger partial charge is 0.343 e. The Morgan fingerprint density at radius 1 is 1.09 bits per heavy atom. The molecule has 44 heavy (non-hydrogen) atoms. The Bertz CT molecular complexity index is 1460. The van der Waals surface area contributed by atoms with E-state index in [-0.39, 0.29) is 35.7 Å². The molecule has 9 heteroatoms. The van der Waals surface area contributed by atoms with Gasteiger partial charge in [-0.1, -0.05) is 38.1 Å². The van der Waals surface area contributed by atoms with Gasteiger partial charge in [-0.25, -0.2) is 14.8 Å². The molecule has 0 bridgehead atoms. The van der Waals surface area contributed by atoms with Crippen LogP contribution in [0, 0.1) is 28.6 Å². The third-order valence-corrected chi connectivity index (χ3v) is 11.6. The van der Waals surface area contributed by atoms with Crippen LogP contribution in [0.5, 0.6) is 0 Å². The molecule has 6 atom stereocenters. The normalized spacial score (nSPS) is 36.5. The first-order chi connectivity index (χ1) is 21.2. The van der Waals surface area contributed by atoms with Gasteiger partial charge in [0.1, 0.15) is 5.76 Å². The largest absolute Gasteiger partial charge is 0.423 e. The molecular formula is C35H45N5O4. The highest BCUT2D eigenvalue weighted by Crippen LogP contribution is 2.61. The van der Waals surface area contributed by atoms with Crippen LogP contribution >= 0.6 is 0 Å². The van der Waals surface area contributed by atoms with Gasteiger partial charge in [0, 0.05) is 62.0 Å². The molecule has 4 heterocycles. The maximum absolute atomic E-state index is 13.0. The van der Waals surface area contributed by atoms with Crippen molar-refractivity contribution in [2.24, 2.45) is 38.6 Å². The number of fused-ring (bicyclic) bond motifs is 3. The number of hydrogen-bond acceptors (Lipinski definition) is 9. The number of aliphatic imine (C=N–C) groups is 2. The van der Waals surface area contributed by atoms with Crippen molar-refractivity contribution in [3.63, 3.8) is 0 Å². The predicted molar refractivity (Wildman–Crippen MR) is 172 cm³/mol. The number of likely N-dealkylation sites (N-methyl/N-ethyl adjacent to an activating group) is 1. The van der Waals surface area contributed by atoms with Gasteiger partial charge in [-0.05, 0) is 73.4 Å². The number of piperazine rings is 1. The number of hydrogen-bond donors (Lipinski definition) is 2. The van der Waals surface area contributed by atoms with Crippen molar-refractivity contribution >= 4 is 29.4 Å². The molecular weight excluding hydrogens is 554 g/mol. The molecule has 9 nitrogen and oxygen atoms in total. The fourth-order valence-electron chi connectivity index (χ4n) is 8.67. The summed E-state index contributed by atoms with van der Waals surface area (Å²) < 4.78 is 5.68. The van der Waals surface area contributed by atoms with E-state index in [0.717, 1.165) is 75.9 Å². The minimum atomic E-state index is -0.622. The van der Waals surface area contributed by atoms with Crippen LogP contribution in [0.25, 0.3) is 6.08 Å². The van der Waals surface area contributed by atoms with Gasteiger partial charge in [-0.3, -0.25) is 0 Å². The summed E-state index contributed by atoms with van der Waals surface area (Å²) in [5.41, 5.74) is 3.06. The molecule has 1 aromatic rings. The van der Waals surface area contributed by atoms with Crippen molar-refractivity contribution in [3.05, 3.63) is 59.4 Å². The van der Waals surface area contributed by atoms with Gasteiger partial charge in [0.15, 0.2) is 0 Å². The van der Waals surface area contributed by atoms with Crippen LogP contribution in [0.1, 0.15) is 38.7 Å². The molecule has 1 saturated heterocycles. The SMILES string of the molecule is CN1CCN(c2ccc(C=C3C=C(C=CC4C5CN6CCN=C6N=C5CC5[C@]4(C)CC[C@@H](O)[C@@]5(C)CO)C(=O)O3)cc2)CC1. The minimum absolute atomic E-state index is 0.0516. The highest BCUT2D eigenvalue weighted by molar-refractivity contribution is 6.02. The van der Waals surface area contributed by atoms with Gasteiger partial charge >= 0.3 is 5.97 Å². The average molecular weight is 600 g/mol. The Kier molecular flexibility index (Phi) is 7.54. The number of anilines is 1. The zero-order valence-corrected chi connectivity index (χ0v) is 26.2. The molecule has 2 saturated carbocycles. The van der Waals surface area contributed by atoms with Crippen LogP contribution in [0.3, 0.4) is 0 Å². The van der Waals surface area contributed by atoms with E-state index in [1.165, 1.54) is 5.69 Å². The van der Waals surface area contributed by atoms with E-state index in [2.05, 4.69) is 64.0 Å². The zero-order chi connectivity index (χ0) is 30.6. The molecule has 2 N–H and O–H groups in total. The van der Waals surface area contributed by atoms with E-state index in [1.54, 1.807) is 0 Å². The van der Waals surface area contributed by atoms with Crippen molar-refractivity contribution in [3.8, 4) is 0 Å². The second-order valence-corrected chi connectivity index (χ2v) is 14.1. The van der Waals surface area contributed by atoms with E-state index in [4.69, 9.17) is 9.73 Å². The van der Waals surface area contributed by atoms with Crippen LogP contribution in [-0.2, 0) is 9.53 Å². The molecule has 0 amide bonds. The molecule has 0 spiro atoms. The number of ether oxygens (including phenoxy) is 1. The second kappa shape index (κ2) is 11.3. The van der Waals surface area contributed by atoms with Crippen molar-refractivity contribution in [2.75, 3.05) is 64.4 Å². The average Bonchev–Trinajstić information content (AvgIpc) is 3.63. The van der Waals surface area contributed by atoms with Crippen molar-refractivity contribution in [1.29, 1.82) is 0 Å². The topological polar surface area (TPSA) is 101 Å². The first-order valence-corrected chi connectivity index (χ1v) is 16.2. The number of nitrogens with zero attached hydrogens (tertiary/aromatic N) is 5. The summed E-state index contributed by atoms with van der Waals surface area (Å²) in [6, 6.07) is 8.43. The first-order valence-electron chi connectivity index (χ1n) is 16.2. The molecule has 0 radical (unpaired) electrons. The van der Waals surface area contributed by atoms with Crippen LogP contribution in [0.2, 0.25) is 0 Å². The van der Waals surface area contributed by atoms with Crippen LogP contribution < -0.4 is 4.90 Å². The summed E-state index contributed by atoms with van der Waals surface area (Å²) in [6.07, 6.45) is 9.57. The Balaban J connectivity index is 1.15. The third kappa shape index (κ3) is 5.03. The van der Waals surface area contributed by atoms with Crippen molar-refractivity contribution in [2.45, 2.75) is 39.2 Å². The Morgan fingerprint density at radius 3 is 2.61 bits per heavy atom. The number of benzene rings is 1. The van der Waals surface area contributed by atoms with E-state index in [0.29, 0.717) is 17.8 Å². The standard InChI is InChI=1S/C35H45N5O4/c1-34-11-10-31(42)35(2,22-41)30(34)20-29-27(21-40-13-12-36-33(40)37-29)28(34)9-6-24-19-26(44-32(24)43)18-23-4-7-25(8-5-23)39-16-14-38(3)15-17-39/h4-9,18-19,27-28,30-31,41-42H,10-17,20-22H2,1-3H3/t27?,28?,30?,31-,34-,35+/m1/s1. The lowest BCUT2D eigenvalue weighted by Gasteiger charge is -2.61. The number of carbonyl (C=O) groups is 1. The highest BCUT2D eigenvalue weighted by atomic mass is 16.5. The maximum atomic E-state index is 13.0. The molecule has 3 fully saturated rings. The van der Waals surface area contributed by atoms with Crippen molar-refractivity contribution < 1.29 is 19.7 Å². The van der Waals surface area contributed by atoms with Crippen LogP contribution in [0.15, 0.2) is 63.8 Å². The number of aliphatic hydroxyl groups is 2. The Hall–Kier alpha value is -3.27. The summed E-state index contributed by atoms with van der Waals surface area (Å²) in [5.74, 6) is 1.35. The number of cyclic esters (lactones) is 1. The fourth-order valence-corrected chi connectivity index (χ4v) is 8.67. The number of rotatable bonds is 5. The Labute approximate surface area is 260 Å². The van der Waals surface area contributed by atoms with Gasteiger partial charge in [-0.2, -0.15) is 0 Å². The lowest BCUT2D eigenvalue weighted by atomic mass is 9.45. The van der Waals surface area contributed by atoms with E-state index >= 15 is 0 Å². The van der Waals surface area contributed by atoms with Crippen molar-refractivity contribution in [1.82, 2.24) is 9.80 Å². The second-order valence-electron chi connectivity index (χ2n) is 14.1. The summed E-state index contributed by atoms with van der Waals surface area (Å²) in [6.45, 7) is 10.9. The van der Waals surface area contributed by atoms with Gasteiger partial charge in [0.25, 0.3) is 0 Å². The van der Waals surface area contributed by atoms with E-state index in [9.17, 15) is 15.0 Å². The van der Waals surface area contributed by atoms with Gasteiger partial charge in [-0.15, -0.1) is 0 Å². The molecule has 1 aromatic carbocycles. The number of aliphatic hydroxyl groups excluding tert-OH is 2. The minimum Gasteiger partial charge on any atom is -0.423 e. The first kappa shape index (κ1) is 29.4. The van der Waals surface area contributed by atoms with E-state index < -0.39 is 11.5 Å². The van der Waals surface area contributed by atoms with Crippen LogP contribution in [0.4, 0.5) is 5.69 Å². The lowest BCUT2D eigenvalue weighted by Crippen LogP contribution is -2.62. The number of esters is 1. The summed E-state index contributed by atoms with van der Waals surface area (Å²) in [7, 11) is 2.16. The predicted octanol–water partition coefficient (Wildman–Crippen LogP) is 3.36. The number of carbonyl (C=O) groups excluding carboxylic acids is 1. The Morgan fingerprint density at radius 2 is 1.86 bits per heavy atom. The molecule has 7 rings (SSSR count). The van der Waals surface area contributed by atoms with Gasteiger partial charge in [0.05, 0.1) is 24.8 Å². The van der Waals surface area contributed by atoms with Gasteiger partial charge < -0.3 is 29.6 Å². The van der Waals surface area contributed by atoms with E-state index in [1.807, 2.05) is 25.2 Å². The maximum Gasteiger partial charge on any atom is 0.343 e. The summed E-state index contributed by atoms with van der Waals surface area (Å²) >= 11 is 0. The summed E-state index contributed by atoms with van der Waals surface area (Å²) in [4.78, 5) is 29.7.